The molecule has 0 radical (unpaired) electrons. The zero-order chi connectivity index (χ0) is 12.9. The number of carbonyl (C=O) groups is 1. The molecule has 0 unspecified atom stereocenters. The van der Waals surface area contributed by atoms with Gasteiger partial charge in [0.2, 0.25) is 0 Å². The molecule has 0 aromatic rings. The van der Waals surface area contributed by atoms with Gasteiger partial charge >= 0.3 is 6.03 Å². The standard InChI is InChI=1S/C13H26N2O/c1-8-15(13(5,6)7)12(16)14-9-11(4)10(2)3/h9-10H,8H2,1-7H3,(H,14,16)/b11-9+. The van der Waals surface area contributed by atoms with Crippen LogP contribution in [0.4, 0.5) is 4.79 Å². The van der Waals surface area contributed by atoms with E-state index in [4.69, 9.17) is 0 Å². The molecule has 0 aliphatic carbocycles. The summed E-state index contributed by atoms with van der Waals surface area (Å²) in [6.07, 6.45) is 1.81. The van der Waals surface area contributed by atoms with E-state index < -0.39 is 0 Å². The molecule has 0 rings (SSSR count). The molecule has 3 heteroatoms. The lowest BCUT2D eigenvalue weighted by atomic mass is 10.1. The molecule has 0 saturated heterocycles. The molecule has 16 heavy (non-hydrogen) atoms. The van der Waals surface area contributed by atoms with Gasteiger partial charge in [-0.1, -0.05) is 19.4 Å². The highest BCUT2D eigenvalue weighted by atomic mass is 16.2. The maximum Gasteiger partial charge on any atom is 0.321 e. The molecule has 1 N–H and O–H groups in total. The highest BCUT2D eigenvalue weighted by molar-refractivity contribution is 5.76. The molecule has 0 heterocycles. The predicted molar refractivity (Wildman–Crippen MR) is 69.3 cm³/mol. The fourth-order valence-corrected chi connectivity index (χ4v) is 1.34. The van der Waals surface area contributed by atoms with Crippen LogP contribution < -0.4 is 5.32 Å². The van der Waals surface area contributed by atoms with E-state index in [0.717, 1.165) is 0 Å². The third-order valence-corrected chi connectivity index (χ3v) is 2.71. The fraction of sp³-hybridized carbons (Fsp3) is 0.769. The van der Waals surface area contributed by atoms with Gasteiger partial charge < -0.3 is 10.2 Å². The molecule has 3 nitrogen and oxygen atoms in total. The molecular formula is C13H26N2O. The van der Waals surface area contributed by atoms with Crippen LogP contribution in [0.1, 0.15) is 48.5 Å². The van der Waals surface area contributed by atoms with E-state index in [0.29, 0.717) is 12.5 Å². The van der Waals surface area contributed by atoms with Crippen LogP contribution in [0.5, 0.6) is 0 Å². The maximum absolute atomic E-state index is 11.9. The Labute approximate surface area is 99.9 Å². The Balaban J connectivity index is 4.52. The van der Waals surface area contributed by atoms with Gasteiger partial charge in [0.05, 0.1) is 0 Å². The highest BCUT2D eigenvalue weighted by Gasteiger charge is 2.23. The maximum atomic E-state index is 11.9. The van der Waals surface area contributed by atoms with E-state index in [-0.39, 0.29) is 11.6 Å². The van der Waals surface area contributed by atoms with Crippen molar-refractivity contribution in [3.05, 3.63) is 11.8 Å². The normalized spacial score (nSPS) is 12.9. The molecule has 0 aromatic carbocycles. The molecule has 0 bridgehead atoms. The van der Waals surface area contributed by atoms with E-state index >= 15 is 0 Å². The van der Waals surface area contributed by atoms with Gasteiger partial charge in [-0.3, -0.25) is 0 Å². The topological polar surface area (TPSA) is 32.3 Å². The molecule has 0 aromatic heterocycles. The first kappa shape index (κ1) is 15.0. The first-order valence-corrected chi connectivity index (χ1v) is 5.95. The second kappa shape index (κ2) is 5.92. The van der Waals surface area contributed by atoms with Crippen molar-refractivity contribution in [1.82, 2.24) is 10.2 Å². The van der Waals surface area contributed by atoms with E-state index in [9.17, 15) is 4.79 Å². The molecule has 2 amide bonds. The number of carbonyl (C=O) groups excluding carboxylic acids is 1. The molecule has 94 valence electrons. The molecule has 0 spiro atoms. The average molecular weight is 226 g/mol. The van der Waals surface area contributed by atoms with Crippen LogP contribution in [0.15, 0.2) is 11.8 Å². The van der Waals surface area contributed by atoms with Gasteiger partial charge in [-0.15, -0.1) is 0 Å². The lowest BCUT2D eigenvalue weighted by Gasteiger charge is -2.34. The minimum atomic E-state index is -0.140. The van der Waals surface area contributed by atoms with Gasteiger partial charge in [0, 0.05) is 18.3 Å². The average Bonchev–Trinajstić information content (AvgIpc) is 2.12. The number of allylic oxidation sites excluding steroid dienone is 1. The molecule has 0 fully saturated rings. The smallest absolute Gasteiger partial charge is 0.320 e. The summed E-state index contributed by atoms with van der Waals surface area (Å²) in [6, 6.07) is -0.0324. The highest BCUT2D eigenvalue weighted by Crippen LogP contribution is 2.13. The van der Waals surface area contributed by atoms with Crippen molar-refractivity contribution >= 4 is 6.03 Å². The summed E-state index contributed by atoms with van der Waals surface area (Å²) in [6.45, 7) is 15.1. The number of hydrogen-bond donors (Lipinski definition) is 1. The van der Waals surface area contributed by atoms with Gasteiger partial charge in [0.1, 0.15) is 0 Å². The number of rotatable bonds is 3. The third-order valence-electron chi connectivity index (χ3n) is 2.71. The number of hydrogen-bond acceptors (Lipinski definition) is 1. The van der Waals surface area contributed by atoms with Crippen LogP contribution in [0, 0.1) is 5.92 Å². The van der Waals surface area contributed by atoms with Gasteiger partial charge in [-0.25, -0.2) is 4.79 Å². The molecule has 0 aliphatic rings. The van der Waals surface area contributed by atoms with Crippen molar-refractivity contribution < 1.29 is 4.79 Å². The predicted octanol–water partition coefficient (Wildman–Crippen LogP) is 3.38. The monoisotopic (exact) mass is 226 g/mol. The van der Waals surface area contributed by atoms with Crippen LogP contribution in [-0.2, 0) is 0 Å². The Morgan fingerprint density at radius 3 is 2.19 bits per heavy atom. The van der Waals surface area contributed by atoms with Crippen LogP contribution >= 0.6 is 0 Å². The Bertz CT molecular complexity index is 262. The van der Waals surface area contributed by atoms with E-state index in [1.54, 1.807) is 6.20 Å². The summed E-state index contributed by atoms with van der Waals surface area (Å²) in [5.41, 5.74) is 1.04. The third kappa shape index (κ3) is 4.69. The van der Waals surface area contributed by atoms with Gasteiger partial charge in [-0.05, 0) is 40.5 Å². The SMILES string of the molecule is CCN(C(=O)N/C=C(\C)C(C)C)C(C)(C)C. The largest absolute Gasteiger partial charge is 0.321 e. The zero-order valence-corrected chi connectivity index (χ0v) is 11.7. The van der Waals surface area contributed by atoms with Crippen LogP contribution in [0.25, 0.3) is 0 Å². The molecule has 0 atom stereocenters. The number of amides is 2. The second-order valence-electron chi connectivity index (χ2n) is 5.41. The van der Waals surface area contributed by atoms with Crippen LogP contribution in [-0.4, -0.2) is 23.0 Å². The lowest BCUT2D eigenvalue weighted by Crippen LogP contribution is -2.49. The summed E-state index contributed by atoms with van der Waals surface area (Å²) >= 11 is 0. The van der Waals surface area contributed by atoms with Crippen molar-refractivity contribution in [2.45, 2.75) is 54.0 Å². The Hall–Kier alpha value is -0.990. The first-order chi connectivity index (χ1) is 7.20. The fourth-order valence-electron chi connectivity index (χ4n) is 1.34. The van der Waals surface area contributed by atoms with Crippen molar-refractivity contribution in [2.24, 2.45) is 5.92 Å². The zero-order valence-electron chi connectivity index (χ0n) is 11.7. The number of nitrogens with one attached hydrogen (secondary N) is 1. The molecule has 0 aliphatic heterocycles. The van der Waals surface area contributed by atoms with Crippen molar-refractivity contribution in [3.63, 3.8) is 0 Å². The van der Waals surface area contributed by atoms with Crippen molar-refractivity contribution in [3.8, 4) is 0 Å². The first-order valence-electron chi connectivity index (χ1n) is 5.95. The number of urea groups is 1. The van der Waals surface area contributed by atoms with Crippen LogP contribution in [0.2, 0.25) is 0 Å². The quantitative estimate of drug-likeness (QED) is 0.786. The summed E-state index contributed by atoms with van der Waals surface area (Å²) in [5.74, 6) is 0.463. The second-order valence-corrected chi connectivity index (χ2v) is 5.41. The van der Waals surface area contributed by atoms with Gasteiger partial charge in [-0.2, -0.15) is 0 Å². The Kier molecular flexibility index (Phi) is 5.56. The Morgan fingerprint density at radius 1 is 1.38 bits per heavy atom. The van der Waals surface area contributed by atoms with Crippen molar-refractivity contribution in [2.75, 3.05) is 6.54 Å². The summed E-state index contributed by atoms with van der Waals surface area (Å²) < 4.78 is 0. The van der Waals surface area contributed by atoms with E-state index in [1.165, 1.54) is 5.57 Å². The van der Waals surface area contributed by atoms with Gasteiger partial charge in [0.25, 0.3) is 0 Å². The summed E-state index contributed by atoms with van der Waals surface area (Å²) in [5, 5.41) is 2.85. The van der Waals surface area contributed by atoms with E-state index in [2.05, 4.69) is 19.2 Å². The molecular weight excluding hydrogens is 200 g/mol. The molecule has 0 saturated carbocycles. The Morgan fingerprint density at radius 2 is 1.88 bits per heavy atom. The van der Waals surface area contributed by atoms with Crippen LogP contribution in [0.3, 0.4) is 0 Å². The van der Waals surface area contributed by atoms with E-state index in [1.807, 2.05) is 39.5 Å². The minimum Gasteiger partial charge on any atom is -0.320 e. The lowest BCUT2D eigenvalue weighted by molar-refractivity contribution is 0.153. The summed E-state index contributed by atoms with van der Waals surface area (Å²) in [7, 11) is 0. The van der Waals surface area contributed by atoms with Crippen molar-refractivity contribution in [1.29, 1.82) is 0 Å². The van der Waals surface area contributed by atoms with Gasteiger partial charge in [0.15, 0.2) is 0 Å². The number of nitrogens with zero attached hydrogens (tertiary/aromatic N) is 1. The summed E-state index contributed by atoms with van der Waals surface area (Å²) in [4.78, 5) is 13.7. The minimum absolute atomic E-state index is 0.0324.